The minimum absolute atomic E-state index is 0.0786. The zero-order valence-corrected chi connectivity index (χ0v) is 16.5. The molecule has 5 aromatic rings. The Hall–Kier alpha value is -3.69. The number of rotatable bonds is 3. The van der Waals surface area contributed by atoms with Gasteiger partial charge in [0.15, 0.2) is 0 Å². The van der Waals surface area contributed by atoms with Crippen molar-refractivity contribution in [2.45, 2.75) is 13.5 Å². The van der Waals surface area contributed by atoms with E-state index in [2.05, 4.69) is 11.1 Å². The Morgan fingerprint density at radius 2 is 1.93 bits per heavy atom. The molecule has 4 heterocycles. The summed E-state index contributed by atoms with van der Waals surface area (Å²) in [5.41, 5.74) is 4.19. The van der Waals surface area contributed by atoms with E-state index >= 15 is 0 Å². The summed E-state index contributed by atoms with van der Waals surface area (Å²) in [7, 11) is 0. The highest BCUT2D eigenvalue weighted by atomic mass is 32.1. The zero-order chi connectivity index (χ0) is 20.0. The molecule has 1 aromatic carbocycles. The topological polar surface area (TPSA) is 63.1 Å². The molecule has 0 aliphatic heterocycles. The van der Waals surface area contributed by atoms with Crippen molar-refractivity contribution in [3.63, 3.8) is 0 Å². The van der Waals surface area contributed by atoms with Crippen molar-refractivity contribution in [2.24, 2.45) is 0 Å². The van der Waals surface area contributed by atoms with Crippen LogP contribution in [0, 0.1) is 18.3 Å². The van der Waals surface area contributed by atoms with Crippen LogP contribution < -0.4 is 5.56 Å². The first kappa shape index (κ1) is 17.4. The van der Waals surface area contributed by atoms with Crippen molar-refractivity contribution >= 4 is 27.1 Å². The van der Waals surface area contributed by atoms with Crippen molar-refractivity contribution < 1.29 is 0 Å². The van der Waals surface area contributed by atoms with Gasteiger partial charge in [-0.1, -0.05) is 36.4 Å². The van der Waals surface area contributed by atoms with Gasteiger partial charge in [0, 0.05) is 22.8 Å². The van der Waals surface area contributed by atoms with Crippen molar-refractivity contribution in [1.29, 1.82) is 5.26 Å². The van der Waals surface area contributed by atoms with Crippen LogP contribution in [0.3, 0.4) is 0 Å². The normalized spacial score (nSPS) is 11.2. The summed E-state index contributed by atoms with van der Waals surface area (Å²) in [5.74, 6) is 0. The van der Waals surface area contributed by atoms with Crippen LogP contribution >= 0.6 is 11.3 Å². The molecule has 140 valence electrons. The molecule has 6 heteroatoms. The van der Waals surface area contributed by atoms with E-state index in [1.165, 1.54) is 11.3 Å². The Bertz CT molecular complexity index is 1470. The molecule has 0 saturated heterocycles. The van der Waals surface area contributed by atoms with Crippen LogP contribution in [0.5, 0.6) is 0 Å². The van der Waals surface area contributed by atoms with Crippen LogP contribution in [-0.4, -0.2) is 14.0 Å². The van der Waals surface area contributed by atoms with Gasteiger partial charge < -0.3 is 4.40 Å². The second-order valence-corrected chi connectivity index (χ2v) is 7.91. The molecule has 0 saturated carbocycles. The molecule has 0 aliphatic rings. The quantitative estimate of drug-likeness (QED) is 0.447. The van der Waals surface area contributed by atoms with Gasteiger partial charge in [-0.2, -0.15) is 5.26 Å². The standard InChI is InChI=1S/C23H16N4OS/c1-15-20-22(29-21(15)16-7-3-2-4-8-16)25-14-27(23(20)28)13-17-12-26-10-6-5-9-19(26)18(17)11-24/h2-10,12,14H,13H2,1H3. The fourth-order valence-electron chi connectivity index (χ4n) is 3.75. The molecule has 0 radical (unpaired) electrons. The highest BCUT2D eigenvalue weighted by Crippen LogP contribution is 2.35. The average molecular weight is 396 g/mol. The fourth-order valence-corrected chi connectivity index (χ4v) is 4.89. The van der Waals surface area contributed by atoms with Gasteiger partial charge in [0.05, 0.1) is 29.3 Å². The lowest BCUT2D eigenvalue weighted by atomic mass is 10.1. The first-order valence-corrected chi connectivity index (χ1v) is 10.0. The molecule has 29 heavy (non-hydrogen) atoms. The Balaban J connectivity index is 1.64. The van der Waals surface area contributed by atoms with Crippen molar-refractivity contribution in [2.75, 3.05) is 0 Å². The van der Waals surface area contributed by atoms with Crippen LogP contribution in [-0.2, 0) is 6.54 Å². The highest BCUT2D eigenvalue weighted by molar-refractivity contribution is 7.22. The zero-order valence-electron chi connectivity index (χ0n) is 15.7. The Morgan fingerprint density at radius 1 is 1.14 bits per heavy atom. The largest absolute Gasteiger partial charge is 0.322 e. The maximum absolute atomic E-state index is 13.3. The predicted octanol–water partition coefficient (Wildman–Crippen LogP) is 4.61. The van der Waals surface area contributed by atoms with Crippen molar-refractivity contribution in [3.05, 3.63) is 94.3 Å². The van der Waals surface area contributed by atoms with E-state index in [1.54, 1.807) is 10.9 Å². The summed E-state index contributed by atoms with van der Waals surface area (Å²) in [6, 6.07) is 18.0. The molecule has 0 atom stereocenters. The molecular formula is C23H16N4OS. The van der Waals surface area contributed by atoms with Crippen LogP contribution in [0.25, 0.3) is 26.2 Å². The first-order valence-electron chi connectivity index (χ1n) is 9.20. The van der Waals surface area contributed by atoms with Gasteiger partial charge >= 0.3 is 0 Å². The second-order valence-electron chi connectivity index (χ2n) is 6.91. The lowest BCUT2D eigenvalue weighted by Crippen LogP contribution is -2.21. The van der Waals surface area contributed by atoms with E-state index < -0.39 is 0 Å². The maximum atomic E-state index is 13.3. The van der Waals surface area contributed by atoms with Crippen LogP contribution in [0.1, 0.15) is 16.7 Å². The summed E-state index contributed by atoms with van der Waals surface area (Å²) in [6.07, 6.45) is 5.39. The van der Waals surface area contributed by atoms with Gasteiger partial charge in [0.1, 0.15) is 10.9 Å². The molecule has 0 aliphatic carbocycles. The smallest absolute Gasteiger partial charge is 0.262 e. The van der Waals surface area contributed by atoms with E-state index in [0.717, 1.165) is 31.9 Å². The van der Waals surface area contributed by atoms with Gasteiger partial charge in [0.25, 0.3) is 5.56 Å². The molecule has 5 nitrogen and oxygen atoms in total. The number of aryl methyl sites for hydroxylation is 1. The van der Waals surface area contributed by atoms with Gasteiger partial charge in [0.2, 0.25) is 0 Å². The summed E-state index contributed by atoms with van der Waals surface area (Å²) < 4.78 is 3.50. The van der Waals surface area contributed by atoms with Crippen LogP contribution in [0.2, 0.25) is 0 Å². The minimum Gasteiger partial charge on any atom is -0.322 e. The number of benzene rings is 1. The van der Waals surface area contributed by atoms with E-state index in [0.29, 0.717) is 17.5 Å². The van der Waals surface area contributed by atoms with E-state index in [1.807, 2.05) is 72.2 Å². The summed E-state index contributed by atoms with van der Waals surface area (Å²) in [4.78, 5) is 19.6. The van der Waals surface area contributed by atoms with Gasteiger partial charge in [-0.15, -0.1) is 11.3 Å². The second kappa shape index (κ2) is 6.73. The SMILES string of the molecule is Cc1c(-c2ccccc2)sc2ncn(Cc3cn4ccccc4c3C#N)c(=O)c12. The lowest BCUT2D eigenvalue weighted by molar-refractivity contribution is 0.748. The van der Waals surface area contributed by atoms with Gasteiger partial charge in [-0.05, 0) is 30.2 Å². The number of hydrogen-bond acceptors (Lipinski definition) is 4. The first-order chi connectivity index (χ1) is 14.2. The Morgan fingerprint density at radius 3 is 2.72 bits per heavy atom. The number of pyridine rings is 1. The molecule has 4 aromatic heterocycles. The van der Waals surface area contributed by atoms with E-state index in [9.17, 15) is 10.1 Å². The third kappa shape index (κ3) is 2.75. The number of aromatic nitrogens is 3. The van der Waals surface area contributed by atoms with E-state index in [4.69, 9.17) is 0 Å². The number of hydrogen-bond donors (Lipinski definition) is 0. The average Bonchev–Trinajstić information content (AvgIpc) is 3.28. The summed E-state index contributed by atoms with van der Waals surface area (Å²) >= 11 is 1.54. The third-order valence-corrected chi connectivity index (χ3v) is 6.42. The van der Waals surface area contributed by atoms with E-state index in [-0.39, 0.29) is 5.56 Å². The monoisotopic (exact) mass is 396 g/mol. The van der Waals surface area contributed by atoms with Gasteiger partial charge in [-0.25, -0.2) is 4.98 Å². The Kier molecular flexibility index (Phi) is 4.04. The lowest BCUT2D eigenvalue weighted by Gasteiger charge is -2.04. The van der Waals surface area contributed by atoms with Gasteiger partial charge in [-0.3, -0.25) is 9.36 Å². The number of nitriles is 1. The molecular weight excluding hydrogens is 380 g/mol. The van der Waals surface area contributed by atoms with Crippen molar-refractivity contribution in [3.8, 4) is 16.5 Å². The predicted molar refractivity (Wildman–Crippen MR) is 115 cm³/mol. The van der Waals surface area contributed by atoms with Crippen LogP contribution in [0.4, 0.5) is 0 Å². The summed E-state index contributed by atoms with van der Waals surface area (Å²) in [6.45, 7) is 2.28. The molecule has 0 spiro atoms. The number of fused-ring (bicyclic) bond motifs is 2. The molecule has 0 N–H and O–H groups in total. The maximum Gasteiger partial charge on any atom is 0.262 e. The Labute approximate surface area is 170 Å². The molecule has 0 bridgehead atoms. The number of thiophene rings is 1. The van der Waals surface area contributed by atoms with Crippen LogP contribution in [0.15, 0.2) is 72.0 Å². The minimum atomic E-state index is -0.0786. The fraction of sp³-hybridized carbons (Fsp3) is 0.0870. The summed E-state index contributed by atoms with van der Waals surface area (Å²) in [5, 5.41) is 10.3. The molecule has 0 unspecified atom stereocenters. The molecule has 0 fully saturated rings. The molecule has 0 amide bonds. The third-order valence-electron chi connectivity index (χ3n) is 5.17. The van der Waals surface area contributed by atoms with Crippen molar-refractivity contribution in [1.82, 2.24) is 14.0 Å². The molecule has 5 rings (SSSR count). The number of nitrogens with zero attached hydrogens (tertiary/aromatic N) is 4. The highest BCUT2D eigenvalue weighted by Gasteiger charge is 2.17.